The molecule has 0 radical (unpaired) electrons. The van der Waals surface area contributed by atoms with Crippen molar-refractivity contribution in [2.24, 2.45) is 5.11 Å². The first kappa shape index (κ1) is 12.5. The molecule has 0 aromatic heterocycles. The molecular formula is C10H10N4O3. The number of ether oxygens (including phenoxy) is 1. The summed E-state index contributed by atoms with van der Waals surface area (Å²) in [5.41, 5.74) is 8.74. The third-order valence-corrected chi connectivity index (χ3v) is 1.98. The molecule has 0 unspecified atom stereocenters. The van der Waals surface area contributed by atoms with Gasteiger partial charge in [0.2, 0.25) is 0 Å². The van der Waals surface area contributed by atoms with Gasteiger partial charge >= 0.3 is 0 Å². The molecule has 0 spiro atoms. The molecule has 7 heteroatoms. The van der Waals surface area contributed by atoms with E-state index in [1.54, 1.807) is 18.2 Å². The first-order valence-corrected chi connectivity index (χ1v) is 4.69. The molecular weight excluding hydrogens is 224 g/mol. The van der Waals surface area contributed by atoms with Crippen molar-refractivity contribution in [3.8, 4) is 5.75 Å². The summed E-state index contributed by atoms with van der Waals surface area (Å²) in [7, 11) is 1.43. The first-order valence-electron chi connectivity index (χ1n) is 4.69. The van der Waals surface area contributed by atoms with Crippen LogP contribution in [-0.4, -0.2) is 18.6 Å². The van der Waals surface area contributed by atoms with Crippen molar-refractivity contribution < 1.29 is 9.66 Å². The van der Waals surface area contributed by atoms with Crippen molar-refractivity contribution in [1.82, 2.24) is 0 Å². The second-order valence-corrected chi connectivity index (χ2v) is 3.00. The van der Waals surface area contributed by atoms with E-state index in [9.17, 15) is 10.1 Å². The van der Waals surface area contributed by atoms with Crippen molar-refractivity contribution in [3.05, 3.63) is 50.4 Å². The van der Waals surface area contributed by atoms with Crippen LogP contribution in [0.2, 0.25) is 0 Å². The van der Waals surface area contributed by atoms with E-state index in [4.69, 9.17) is 10.3 Å². The van der Waals surface area contributed by atoms with Gasteiger partial charge < -0.3 is 4.74 Å². The van der Waals surface area contributed by atoms with Gasteiger partial charge in [0.05, 0.1) is 18.1 Å². The fourth-order valence-corrected chi connectivity index (χ4v) is 1.21. The Labute approximate surface area is 97.1 Å². The van der Waals surface area contributed by atoms with E-state index in [0.29, 0.717) is 11.3 Å². The molecule has 0 atom stereocenters. The van der Waals surface area contributed by atoms with E-state index in [2.05, 4.69) is 10.0 Å². The van der Waals surface area contributed by atoms with Crippen LogP contribution in [0.1, 0.15) is 5.56 Å². The summed E-state index contributed by atoms with van der Waals surface area (Å²) in [5.74, 6) is 0.399. The van der Waals surface area contributed by atoms with Crippen LogP contribution in [-0.2, 0) is 0 Å². The minimum Gasteiger partial charge on any atom is -0.496 e. The third-order valence-electron chi connectivity index (χ3n) is 1.98. The Bertz CT molecular complexity index is 492. The number of hydrogen-bond acceptors (Lipinski definition) is 4. The maximum atomic E-state index is 10.6. The van der Waals surface area contributed by atoms with Gasteiger partial charge in [-0.05, 0) is 11.6 Å². The molecule has 0 aliphatic carbocycles. The average Bonchev–Trinajstić information content (AvgIpc) is 2.34. The van der Waals surface area contributed by atoms with Crippen molar-refractivity contribution >= 4 is 11.8 Å². The maximum absolute atomic E-state index is 10.6. The Morgan fingerprint density at radius 2 is 2.41 bits per heavy atom. The normalized spacial score (nSPS) is 9.94. The molecule has 0 bridgehead atoms. The zero-order chi connectivity index (χ0) is 12.7. The maximum Gasteiger partial charge on any atom is 0.273 e. The average molecular weight is 234 g/mol. The highest BCUT2D eigenvalue weighted by Crippen LogP contribution is 2.25. The van der Waals surface area contributed by atoms with Crippen molar-refractivity contribution in [2.75, 3.05) is 13.7 Å². The van der Waals surface area contributed by atoms with Crippen LogP contribution >= 0.6 is 0 Å². The van der Waals surface area contributed by atoms with E-state index in [0.717, 1.165) is 0 Å². The number of methoxy groups -OCH3 is 1. The van der Waals surface area contributed by atoms with Crippen LogP contribution in [0.3, 0.4) is 0 Å². The smallest absolute Gasteiger partial charge is 0.273 e. The lowest BCUT2D eigenvalue weighted by Crippen LogP contribution is -1.92. The molecule has 0 heterocycles. The van der Waals surface area contributed by atoms with Crippen LogP contribution < -0.4 is 4.74 Å². The lowest BCUT2D eigenvalue weighted by Gasteiger charge is -2.03. The first-order chi connectivity index (χ1) is 8.19. The van der Waals surface area contributed by atoms with Crippen molar-refractivity contribution in [1.29, 1.82) is 0 Å². The van der Waals surface area contributed by atoms with Gasteiger partial charge in [-0.25, -0.2) is 0 Å². The molecule has 1 aromatic carbocycles. The minimum absolute atomic E-state index is 0.0333. The zero-order valence-electron chi connectivity index (χ0n) is 9.11. The van der Waals surface area contributed by atoms with Gasteiger partial charge in [0.25, 0.3) is 5.69 Å². The van der Waals surface area contributed by atoms with Crippen LogP contribution in [0, 0.1) is 10.1 Å². The number of nitro groups is 1. The molecule has 0 amide bonds. The highest BCUT2D eigenvalue weighted by atomic mass is 16.6. The molecule has 88 valence electrons. The summed E-state index contributed by atoms with van der Waals surface area (Å²) in [6.45, 7) is 0.219. The Morgan fingerprint density at radius 3 is 3.00 bits per heavy atom. The number of rotatable bonds is 5. The second kappa shape index (κ2) is 6.14. The van der Waals surface area contributed by atoms with E-state index in [1.165, 1.54) is 19.2 Å². The number of benzene rings is 1. The van der Waals surface area contributed by atoms with Gasteiger partial charge in [0.15, 0.2) is 0 Å². The molecule has 1 aromatic rings. The number of nitro benzene ring substituents is 1. The SMILES string of the molecule is COc1cc([N+](=O)[O-])ccc1C=CCN=[N+]=[N-]. The summed E-state index contributed by atoms with van der Waals surface area (Å²) >= 11 is 0. The molecule has 7 nitrogen and oxygen atoms in total. The fraction of sp³-hybridized carbons (Fsp3) is 0.200. The monoisotopic (exact) mass is 234 g/mol. The summed E-state index contributed by atoms with van der Waals surface area (Å²) in [5, 5.41) is 13.9. The summed E-state index contributed by atoms with van der Waals surface area (Å²) in [6.07, 6.45) is 3.32. The van der Waals surface area contributed by atoms with E-state index in [1.807, 2.05) is 0 Å². The van der Waals surface area contributed by atoms with Crippen molar-refractivity contribution in [2.45, 2.75) is 0 Å². The lowest BCUT2D eigenvalue weighted by molar-refractivity contribution is -0.384. The van der Waals surface area contributed by atoms with Crippen LogP contribution in [0.25, 0.3) is 16.5 Å². The number of azide groups is 1. The number of non-ortho nitro benzene ring substituents is 1. The second-order valence-electron chi connectivity index (χ2n) is 3.00. The lowest BCUT2D eigenvalue weighted by atomic mass is 10.1. The largest absolute Gasteiger partial charge is 0.496 e. The molecule has 0 saturated heterocycles. The Morgan fingerprint density at radius 1 is 1.65 bits per heavy atom. The standard InChI is InChI=1S/C10H10N4O3/c1-17-10-7-9(14(15)16)5-4-8(10)3-2-6-12-13-11/h2-5,7H,6H2,1H3. The van der Waals surface area contributed by atoms with E-state index >= 15 is 0 Å². The Balaban J connectivity index is 2.96. The number of hydrogen-bond donors (Lipinski definition) is 0. The van der Waals surface area contributed by atoms with Gasteiger partial charge in [0, 0.05) is 23.1 Å². The van der Waals surface area contributed by atoms with E-state index < -0.39 is 4.92 Å². The highest BCUT2D eigenvalue weighted by Gasteiger charge is 2.09. The van der Waals surface area contributed by atoms with Crippen LogP contribution in [0.15, 0.2) is 29.4 Å². The van der Waals surface area contributed by atoms with Gasteiger partial charge in [-0.1, -0.05) is 17.3 Å². The predicted molar refractivity (Wildman–Crippen MR) is 62.7 cm³/mol. The zero-order valence-corrected chi connectivity index (χ0v) is 9.11. The van der Waals surface area contributed by atoms with Crippen LogP contribution in [0.4, 0.5) is 5.69 Å². The fourth-order valence-electron chi connectivity index (χ4n) is 1.21. The van der Waals surface area contributed by atoms with Gasteiger partial charge in [-0.3, -0.25) is 10.1 Å². The molecule has 0 aliphatic rings. The highest BCUT2D eigenvalue weighted by molar-refractivity contribution is 5.60. The van der Waals surface area contributed by atoms with Gasteiger partial charge in [-0.2, -0.15) is 0 Å². The third kappa shape index (κ3) is 3.51. The van der Waals surface area contributed by atoms with Gasteiger partial charge in [-0.15, -0.1) is 0 Å². The summed E-state index contributed by atoms with van der Waals surface area (Å²) < 4.78 is 5.03. The minimum atomic E-state index is -0.490. The van der Waals surface area contributed by atoms with Crippen LogP contribution in [0.5, 0.6) is 5.75 Å². The summed E-state index contributed by atoms with van der Waals surface area (Å²) in [4.78, 5) is 12.7. The molecule has 0 saturated carbocycles. The summed E-state index contributed by atoms with van der Waals surface area (Å²) in [6, 6.07) is 4.30. The van der Waals surface area contributed by atoms with Crippen molar-refractivity contribution in [3.63, 3.8) is 0 Å². The molecule has 1 rings (SSSR count). The Kier molecular flexibility index (Phi) is 4.53. The molecule has 0 aliphatic heterocycles. The molecule has 0 fully saturated rings. The van der Waals surface area contributed by atoms with E-state index in [-0.39, 0.29) is 12.2 Å². The molecule has 0 N–H and O–H groups in total. The predicted octanol–water partition coefficient (Wildman–Crippen LogP) is 2.93. The van der Waals surface area contributed by atoms with Gasteiger partial charge in [0.1, 0.15) is 5.75 Å². The number of nitrogens with zero attached hydrogens (tertiary/aromatic N) is 4. The quantitative estimate of drug-likeness (QED) is 0.257. The molecule has 17 heavy (non-hydrogen) atoms. The topological polar surface area (TPSA) is 101 Å². The Hall–Kier alpha value is -2.53.